The Bertz CT molecular complexity index is 1320. The summed E-state index contributed by atoms with van der Waals surface area (Å²) >= 11 is 6.35. The Kier molecular flexibility index (Phi) is 5.38. The van der Waals surface area contributed by atoms with Gasteiger partial charge in [0.15, 0.2) is 0 Å². The van der Waals surface area contributed by atoms with Crippen LogP contribution in [0.15, 0.2) is 77.6 Å². The molecule has 150 valence electrons. The normalized spacial score (nSPS) is 10.9. The summed E-state index contributed by atoms with van der Waals surface area (Å²) in [5.74, 6) is -0.735. The number of hydrogen-bond donors (Lipinski definition) is 1. The highest BCUT2D eigenvalue weighted by atomic mass is 35.5. The maximum atomic E-state index is 13.5. The Morgan fingerprint density at radius 1 is 1.03 bits per heavy atom. The van der Waals surface area contributed by atoms with Crippen molar-refractivity contribution >= 4 is 28.3 Å². The van der Waals surface area contributed by atoms with Crippen LogP contribution in [0.2, 0.25) is 5.02 Å². The number of fused-ring (bicyclic) bond motifs is 1. The summed E-state index contributed by atoms with van der Waals surface area (Å²) in [6, 6.07) is 20.2. The highest BCUT2D eigenvalue weighted by Gasteiger charge is 2.21. The number of pyridine rings is 1. The third-order valence-corrected chi connectivity index (χ3v) is 5.30. The number of amides is 1. The van der Waals surface area contributed by atoms with Crippen LogP contribution in [-0.2, 0) is 6.54 Å². The van der Waals surface area contributed by atoms with E-state index in [1.54, 1.807) is 49.4 Å². The number of rotatable bonds is 4. The van der Waals surface area contributed by atoms with Crippen LogP contribution in [0, 0.1) is 12.7 Å². The van der Waals surface area contributed by atoms with Gasteiger partial charge in [0.25, 0.3) is 11.5 Å². The Labute approximate surface area is 177 Å². The van der Waals surface area contributed by atoms with Gasteiger partial charge in [-0.2, -0.15) is 0 Å². The minimum absolute atomic E-state index is 0.155. The first kappa shape index (κ1) is 19.9. The van der Waals surface area contributed by atoms with E-state index >= 15 is 0 Å². The van der Waals surface area contributed by atoms with E-state index in [1.165, 1.54) is 16.7 Å². The summed E-state index contributed by atoms with van der Waals surface area (Å²) in [4.78, 5) is 26.4. The van der Waals surface area contributed by atoms with Crippen molar-refractivity contribution in [1.82, 2.24) is 9.88 Å². The first-order valence-electron chi connectivity index (χ1n) is 9.39. The van der Waals surface area contributed by atoms with Gasteiger partial charge in [-0.25, -0.2) is 4.39 Å². The van der Waals surface area contributed by atoms with E-state index in [0.717, 1.165) is 0 Å². The van der Waals surface area contributed by atoms with E-state index in [-0.39, 0.29) is 34.2 Å². The van der Waals surface area contributed by atoms with Crippen molar-refractivity contribution in [3.8, 4) is 5.69 Å². The van der Waals surface area contributed by atoms with Crippen LogP contribution in [0.5, 0.6) is 0 Å². The molecule has 0 saturated carbocycles. The summed E-state index contributed by atoms with van der Waals surface area (Å²) < 4.78 is 14.9. The van der Waals surface area contributed by atoms with Crippen molar-refractivity contribution in [3.05, 3.63) is 111 Å². The topological polar surface area (TPSA) is 51.1 Å². The number of carbonyl (C=O) groups is 1. The third-order valence-electron chi connectivity index (χ3n) is 4.98. The van der Waals surface area contributed by atoms with Gasteiger partial charge in [-0.1, -0.05) is 54.1 Å². The minimum Gasteiger partial charge on any atom is -0.348 e. The Morgan fingerprint density at radius 2 is 1.77 bits per heavy atom. The van der Waals surface area contributed by atoms with E-state index in [9.17, 15) is 14.0 Å². The lowest BCUT2D eigenvalue weighted by molar-refractivity contribution is 0.0951. The molecule has 4 nitrogen and oxygen atoms in total. The van der Waals surface area contributed by atoms with E-state index in [1.807, 2.05) is 18.2 Å². The van der Waals surface area contributed by atoms with Gasteiger partial charge in [-0.05, 0) is 42.8 Å². The van der Waals surface area contributed by atoms with Crippen molar-refractivity contribution in [2.24, 2.45) is 0 Å². The third kappa shape index (κ3) is 3.60. The molecule has 1 heterocycles. The molecule has 4 aromatic rings. The molecule has 0 aliphatic carbocycles. The largest absolute Gasteiger partial charge is 0.348 e. The van der Waals surface area contributed by atoms with Gasteiger partial charge in [-0.3, -0.25) is 14.2 Å². The molecule has 0 atom stereocenters. The smallest absolute Gasteiger partial charge is 0.264 e. The van der Waals surface area contributed by atoms with Crippen molar-refractivity contribution in [1.29, 1.82) is 0 Å². The molecule has 0 fully saturated rings. The highest BCUT2D eigenvalue weighted by molar-refractivity contribution is 6.36. The fraction of sp³-hybridized carbons (Fsp3) is 0.0833. The lowest BCUT2D eigenvalue weighted by Gasteiger charge is -2.18. The maximum Gasteiger partial charge on any atom is 0.264 e. The van der Waals surface area contributed by atoms with Gasteiger partial charge in [0.1, 0.15) is 5.82 Å². The van der Waals surface area contributed by atoms with Crippen LogP contribution in [0.4, 0.5) is 4.39 Å². The summed E-state index contributed by atoms with van der Waals surface area (Å²) in [6.07, 6.45) is 0. The molecule has 0 saturated heterocycles. The zero-order valence-electron chi connectivity index (χ0n) is 16.2. The number of para-hydroxylation sites is 1. The number of nitrogens with zero attached hydrogens (tertiary/aromatic N) is 1. The summed E-state index contributed by atoms with van der Waals surface area (Å²) in [5.41, 5.74) is 1.84. The van der Waals surface area contributed by atoms with Gasteiger partial charge < -0.3 is 5.32 Å². The van der Waals surface area contributed by atoms with Gasteiger partial charge in [0.05, 0.1) is 16.0 Å². The second-order valence-electron chi connectivity index (χ2n) is 6.91. The first-order chi connectivity index (χ1) is 14.5. The molecular formula is C24H18ClFN2O2. The number of carbonyl (C=O) groups excluding carboxylic acids is 1. The van der Waals surface area contributed by atoms with Crippen LogP contribution >= 0.6 is 11.6 Å². The van der Waals surface area contributed by atoms with Crippen molar-refractivity contribution in [2.45, 2.75) is 13.5 Å². The molecule has 0 spiro atoms. The van der Waals surface area contributed by atoms with Gasteiger partial charge >= 0.3 is 0 Å². The lowest BCUT2D eigenvalue weighted by Crippen LogP contribution is -2.29. The fourth-order valence-corrected chi connectivity index (χ4v) is 3.87. The maximum absolute atomic E-state index is 13.5. The second-order valence-corrected chi connectivity index (χ2v) is 7.32. The zero-order chi connectivity index (χ0) is 21.3. The van der Waals surface area contributed by atoms with Gasteiger partial charge in [0, 0.05) is 23.3 Å². The average molecular weight is 421 g/mol. The molecule has 0 bridgehead atoms. The van der Waals surface area contributed by atoms with Crippen LogP contribution < -0.4 is 10.9 Å². The Balaban J connectivity index is 1.87. The predicted octanol–water partition coefficient (Wildman–Crippen LogP) is 5.02. The average Bonchev–Trinajstić information content (AvgIpc) is 2.73. The Hall–Kier alpha value is -3.44. The van der Waals surface area contributed by atoms with E-state index in [2.05, 4.69) is 5.32 Å². The van der Waals surface area contributed by atoms with Crippen molar-refractivity contribution < 1.29 is 9.18 Å². The first-order valence-corrected chi connectivity index (χ1v) is 9.77. The quantitative estimate of drug-likeness (QED) is 0.504. The van der Waals surface area contributed by atoms with E-state index in [4.69, 9.17) is 11.6 Å². The number of halogens is 2. The summed E-state index contributed by atoms with van der Waals surface area (Å²) in [5, 5.41) is 3.87. The standard InChI is InChI=1S/C24H18ClFN2O2/c1-15-21(23(29)27-14-16-7-5-8-17(26)13-16)19-11-6-12-20(25)22(19)24(30)28(15)18-9-3-2-4-10-18/h2-13H,14H2,1H3,(H,27,29). The van der Waals surface area contributed by atoms with E-state index < -0.39 is 0 Å². The fourth-order valence-electron chi connectivity index (χ4n) is 3.61. The molecule has 0 aliphatic rings. The zero-order valence-corrected chi connectivity index (χ0v) is 16.9. The van der Waals surface area contributed by atoms with Gasteiger partial charge in [-0.15, -0.1) is 0 Å². The van der Waals surface area contributed by atoms with E-state index in [0.29, 0.717) is 27.9 Å². The van der Waals surface area contributed by atoms with Crippen molar-refractivity contribution in [2.75, 3.05) is 0 Å². The SMILES string of the molecule is Cc1c(C(=O)NCc2cccc(F)c2)c2cccc(Cl)c2c(=O)n1-c1ccccc1. The van der Waals surface area contributed by atoms with Crippen molar-refractivity contribution in [3.63, 3.8) is 0 Å². The highest BCUT2D eigenvalue weighted by Crippen LogP contribution is 2.27. The second kappa shape index (κ2) is 8.13. The summed E-state index contributed by atoms with van der Waals surface area (Å²) in [6.45, 7) is 1.88. The molecule has 0 aliphatic heterocycles. The molecule has 30 heavy (non-hydrogen) atoms. The summed E-state index contributed by atoms with van der Waals surface area (Å²) in [7, 11) is 0. The minimum atomic E-state index is -0.368. The van der Waals surface area contributed by atoms with Crippen LogP contribution in [0.3, 0.4) is 0 Å². The molecule has 1 N–H and O–H groups in total. The molecule has 1 amide bonds. The number of aromatic nitrogens is 1. The molecule has 4 rings (SSSR count). The Morgan fingerprint density at radius 3 is 2.50 bits per heavy atom. The number of benzene rings is 3. The molecule has 0 radical (unpaired) electrons. The van der Waals surface area contributed by atoms with Gasteiger partial charge in [0.2, 0.25) is 0 Å². The molecular weight excluding hydrogens is 403 g/mol. The van der Waals surface area contributed by atoms with Crippen LogP contribution in [0.1, 0.15) is 21.6 Å². The lowest BCUT2D eigenvalue weighted by atomic mass is 10.0. The molecule has 3 aromatic carbocycles. The number of hydrogen-bond acceptors (Lipinski definition) is 2. The number of nitrogens with one attached hydrogen (secondary N) is 1. The van der Waals surface area contributed by atoms with Crippen LogP contribution in [0.25, 0.3) is 16.5 Å². The molecule has 6 heteroatoms. The molecule has 1 aromatic heterocycles. The van der Waals surface area contributed by atoms with Crippen LogP contribution in [-0.4, -0.2) is 10.5 Å². The predicted molar refractivity (Wildman–Crippen MR) is 117 cm³/mol. The molecule has 0 unspecified atom stereocenters. The monoisotopic (exact) mass is 420 g/mol.